The van der Waals surface area contributed by atoms with Crippen molar-refractivity contribution >= 4 is 24.0 Å². The van der Waals surface area contributed by atoms with Gasteiger partial charge < -0.3 is 15.9 Å². The SMILES string of the molecule is I.NCc1cccc(O)c1O. The Morgan fingerprint density at radius 1 is 1.27 bits per heavy atom. The number of rotatable bonds is 1. The van der Waals surface area contributed by atoms with E-state index in [9.17, 15) is 0 Å². The van der Waals surface area contributed by atoms with Crippen molar-refractivity contribution in [2.24, 2.45) is 5.73 Å². The highest BCUT2D eigenvalue weighted by atomic mass is 127. The number of hydrogen-bond donors (Lipinski definition) is 3. The summed E-state index contributed by atoms with van der Waals surface area (Å²) in [5, 5.41) is 18.0. The van der Waals surface area contributed by atoms with Gasteiger partial charge in [0.1, 0.15) is 0 Å². The number of para-hydroxylation sites is 1. The second kappa shape index (κ2) is 4.40. The van der Waals surface area contributed by atoms with Crippen LogP contribution in [0.1, 0.15) is 5.56 Å². The van der Waals surface area contributed by atoms with Crippen LogP contribution >= 0.6 is 24.0 Å². The van der Waals surface area contributed by atoms with Crippen LogP contribution in [0.4, 0.5) is 0 Å². The summed E-state index contributed by atoms with van der Waals surface area (Å²) in [5.74, 6) is -0.243. The van der Waals surface area contributed by atoms with Crippen molar-refractivity contribution in [2.45, 2.75) is 6.54 Å². The maximum absolute atomic E-state index is 9.07. The summed E-state index contributed by atoms with van der Waals surface area (Å²) in [6.45, 7) is 0.236. The normalized spacial score (nSPS) is 8.82. The number of hydrogen-bond acceptors (Lipinski definition) is 3. The van der Waals surface area contributed by atoms with Crippen LogP contribution in [0, 0.1) is 0 Å². The van der Waals surface area contributed by atoms with E-state index in [1.807, 2.05) is 0 Å². The van der Waals surface area contributed by atoms with Crippen LogP contribution in [-0.4, -0.2) is 10.2 Å². The molecule has 1 rings (SSSR count). The minimum Gasteiger partial charge on any atom is -0.504 e. The van der Waals surface area contributed by atoms with Crippen LogP contribution in [0.25, 0.3) is 0 Å². The van der Waals surface area contributed by atoms with Gasteiger partial charge >= 0.3 is 0 Å². The standard InChI is InChI=1S/C7H9NO2.HI/c8-4-5-2-1-3-6(9)7(5)10;/h1-3,9-10H,4,8H2;1H. The smallest absolute Gasteiger partial charge is 0.161 e. The molecule has 4 heteroatoms. The summed E-state index contributed by atoms with van der Waals surface area (Å²) in [6.07, 6.45) is 0. The molecule has 11 heavy (non-hydrogen) atoms. The fourth-order valence-corrected chi connectivity index (χ4v) is 0.742. The fourth-order valence-electron chi connectivity index (χ4n) is 0.742. The van der Waals surface area contributed by atoms with Crippen LogP contribution in [-0.2, 0) is 6.54 Å². The summed E-state index contributed by atoms with van der Waals surface area (Å²) < 4.78 is 0. The molecule has 0 saturated heterocycles. The first-order valence-corrected chi connectivity index (χ1v) is 2.95. The monoisotopic (exact) mass is 267 g/mol. The van der Waals surface area contributed by atoms with Gasteiger partial charge in [0.05, 0.1) is 0 Å². The van der Waals surface area contributed by atoms with Crippen LogP contribution in [0.2, 0.25) is 0 Å². The molecule has 0 spiro atoms. The van der Waals surface area contributed by atoms with E-state index in [4.69, 9.17) is 15.9 Å². The molecule has 4 N–H and O–H groups in total. The summed E-state index contributed by atoms with van der Waals surface area (Å²) in [4.78, 5) is 0. The van der Waals surface area contributed by atoms with Gasteiger partial charge in [-0.3, -0.25) is 0 Å². The number of nitrogens with two attached hydrogens (primary N) is 1. The van der Waals surface area contributed by atoms with Gasteiger partial charge in [0.2, 0.25) is 0 Å². The predicted octanol–water partition coefficient (Wildman–Crippen LogP) is 1.17. The Bertz CT molecular complexity index is 240. The number of aromatic hydroxyl groups is 2. The highest BCUT2D eigenvalue weighted by Crippen LogP contribution is 2.27. The van der Waals surface area contributed by atoms with Gasteiger partial charge in [0.15, 0.2) is 11.5 Å². The van der Waals surface area contributed by atoms with Gasteiger partial charge in [-0.2, -0.15) is 0 Å². The van der Waals surface area contributed by atoms with Gasteiger partial charge in [0.25, 0.3) is 0 Å². The lowest BCUT2D eigenvalue weighted by atomic mass is 10.2. The molecule has 0 amide bonds. The largest absolute Gasteiger partial charge is 0.504 e. The van der Waals surface area contributed by atoms with Gasteiger partial charge in [-0.25, -0.2) is 0 Å². The maximum Gasteiger partial charge on any atom is 0.161 e. The maximum atomic E-state index is 9.07. The first-order chi connectivity index (χ1) is 4.75. The Labute approximate surface area is 81.9 Å². The molecule has 0 aliphatic rings. The van der Waals surface area contributed by atoms with E-state index < -0.39 is 0 Å². The number of phenolic OH excluding ortho intramolecular Hbond substituents is 2. The number of benzene rings is 1. The molecule has 0 radical (unpaired) electrons. The third kappa shape index (κ3) is 2.23. The van der Waals surface area contributed by atoms with E-state index in [1.54, 1.807) is 12.1 Å². The molecular formula is C7H10INO2. The molecule has 0 aromatic heterocycles. The molecule has 0 unspecified atom stereocenters. The van der Waals surface area contributed by atoms with Crippen LogP contribution in [0.3, 0.4) is 0 Å². The van der Waals surface area contributed by atoms with Crippen molar-refractivity contribution < 1.29 is 10.2 Å². The lowest BCUT2D eigenvalue weighted by Crippen LogP contribution is -1.95. The topological polar surface area (TPSA) is 66.5 Å². The van der Waals surface area contributed by atoms with Gasteiger partial charge in [-0.1, -0.05) is 12.1 Å². The molecule has 62 valence electrons. The zero-order valence-electron chi connectivity index (χ0n) is 5.82. The Kier molecular flexibility index (Phi) is 4.20. The third-order valence-corrected chi connectivity index (χ3v) is 1.32. The number of phenols is 2. The zero-order chi connectivity index (χ0) is 7.56. The Morgan fingerprint density at radius 3 is 2.36 bits per heavy atom. The van der Waals surface area contributed by atoms with Gasteiger partial charge in [-0.05, 0) is 6.07 Å². The summed E-state index contributed by atoms with van der Waals surface area (Å²) >= 11 is 0. The molecule has 0 aliphatic carbocycles. The average Bonchev–Trinajstić information content (AvgIpc) is 1.95. The van der Waals surface area contributed by atoms with Crippen molar-refractivity contribution in [3.8, 4) is 11.5 Å². The van der Waals surface area contributed by atoms with E-state index in [0.717, 1.165) is 0 Å². The Hall–Kier alpha value is -0.490. The molecule has 1 aromatic carbocycles. The summed E-state index contributed by atoms with van der Waals surface area (Å²) in [6, 6.07) is 4.71. The molecule has 0 bridgehead atoms. The molecule has 3 nitrogen and oxygen atoms in total. The number of halogens is 1. The summed E-state index contributed by atoms with van der Waals surface area (Å²) in [7, 11) is 0. The van der Waals surface area contributed by atoms with Crippen LogP contribution in [0.15, 0.2) is 18.2 Å². The van der Waals surface area contributed by atoms with E-state index in [2.05, 4.69) is 0 Å². The third-order valence-electron chi connectivity index (χ3n) is 1.32. The average molecular weight is 267 g/mol. The molecular weight excluding hydrogens is 257 g/mol. The molecule has 0 fully saturated rings. The Morgan fingerprint density at radius 2 is 1.91 bits per heavy atom. The van der Waals surface area contributed by atoms with Crippen molar-refractivity contribution in [2.75, 3.05) is 0 Å². The first-order valence-electron chi connectivity index (χ1n) is 2.95. The van der Waals surface area contributed by atoms with Crippen molar-refractivity contribution in [1.29, 1.82) is 0 Å². The van der Waals surface area contributed by atoms with E-state index >= 15 is 0 Å². The minimum absolute atomic E-state index is 0. The van der Waals surface area contributed by atoms with Gasteiger partial charge in [0, 0.05) is 12.1 Å². The second-order valence-electron chi connectivity index (χ2n) is 1.99. The predicted molar refractivity (Wildman–Crippen MR) is 53.1 cm³/mol. The quantitative estimate of drug-likeness (QED) is 0.528. The van der Waals surface area contributed by atoms with E-state index in [1.165, 1.54) is 6.07 Å². The molecule has 0 atom stereocenters. The van der Waals surface area contributed by atoms with Gasteiger partial charge in [-0.15, -0.1) is 24.0 Å². The molecule has 0 aliphatic heterocycles. The lowest BCUT2D eigenvalue weighted by Gasteiger charge is -2.01. The fraction of sp³-hybridized carbons (Fsp3) is 0.143. The highest BCUT2D eigenvalue weighted by molar-refractivity contribution is 14.0. The molecule has 1 aromatic rings. The highest BCUT2D eigenvalue weighted by Gasteiger charge is 2.01. The summed E-state index contributed by atoms with van der Waals surface area (Å²) in [5.41, 5.74) is 5.80. The van der Waals surface area contributed by atoms with E-state index in [-0.39, 0.29) is 42.0 Å². The molecule has 0 saturated carbocycles. The van der Waals surface area contributed by atoms with Crippen molar-refractivity contribution in [1.82, 2.24) is 0 Å². The minimum atomic E-state index is -0.122. The van der Waals surface area contributed by atoms with Crippen LogP contribution < -0.4 is 5.73 Å². The second-order valence-corrected chi connectivity index (χ2v) is 1.99. The lowest BCUT2D eigenvalue weighted by molar-refractivity contribution is 0.399. The van der Waals surface area contributed by atoms with Crippen LogP contribution in [0.5, 0.6) is 11.5 Å². The molecule has 0 heterocycles. The van der Waals surface area contributed by atoms with Crippen molar-refractivity contribution in [3.63, 3.8) is 0 Å². The Balaban J connectivity index is 0.000001000. The van der Waals surface area contributed by atoms with Crippen molar-refractivity contribution in [3.05, 3.63) is 23.8 Å². The van der Waals surface area contributed by atoms with E-state index in [0.29, 0.717) is 5.56 Å². The zero-order valence-corrected chi connectivity index (χ0v) is 8.15. The first kappa shape index (κ1) is 10.5.